The van der Waals surface area contributed by atoms with Crippen LogP contribution in [0.4, 0.5) is 0 Å². The summed E-state index contributed by atoms with van der Waals surface area (Å²) in [7, 11) is 0. The summed E-state index contributed by atoms with van der Waals surface area (Å²) in [6.07, 6.45) is 3.89. The molecule has 33 heavy (non-hydrogen) atoms. The minimum Gasteiger partial charge on any atom is -0.348 e. The fourth-order valence-corrected chi connectivity index (χ4v) is 4.77. The minimum atomic E-state index is -0.197. The van der Waals surface area contributed by atoms with Crippen LogP contribution in [0, 0.1) is 0 Å². The number of hydrogen-bond acceptors (Lipinski definition) is 4. The predicted octanol–water partition coefficient (Wildman–Crippen LogP) is 4.77. The Morgan fingerprint density at radius 1 is 0.970 bits per heavy atom. The zero-order chi connectivity index (χ0) is 22.6. The topological polar surface area (TPSA) is 67.2 Å². The normalized spacial score (nSPS) is 13.3. The molecule has 5 rings (SSSR count). The SMILES string of the molecule is O=C(NCc1cccc(C(=O)N2CCCC2)c1)c1cn(-c2ccccc2)nc1-c1cccs1. The third kappa shape index (κ3) is 4.59. The molecule has 1 N–H and O–H groups in total. The molecule has 166 valence electrons. The molecule has 1 aliphatic rings. The van der Waals surface area contributed by atoms with Crippen molar-refractivity contribution >= 4 is 23.2 Å². The van der Waals surface area contributed by atoms with Gasteiger partial charge in [0.25, 0.3) is 11.8 Å². The Morgan fingerprint density at radius 3 is 2.55 bits per heavy atom. The van der Waals surface area contributed by atoms with Crippen LogP contribution in [0.3, 0.4) is 0 Å². The van der Waals surface area contributed by atoms with Crippen LogP contribution in [-0.4, -0.2) is 39.6 Å². The first-order valence-electron chi connectivity index (χ1n) is 11.0. The van der Waals surface area contributed by atoms with Crippen LogP contribution in [0.2, 0.25) is 0 Å². The summed E-state index contributed by atoms with van der Waals surface area (Å²) in [6, 6.07) is 21.2. The van der Waals surface area contributed by atoms with Gasteiger partial charge in [-0.2, -0.15) is 5.10 Å². The third-order valence-corrected chi connectivity index (χ3v) is 6.63. The first-order valence-corrected chi connectivity index (χ1v) is 11.9. The summed E-state index contributed by atoms with van der Waals surface area (Å²) in [5.74, 6) is -0.137. The summed E-state index contributed by atoms with van der Waals surface area (Å²) >= 11 is 1.55. The fourth-order valence-electron chi connectivity index (χ4n) is 4.04. The minimum absolute atomic E-state index is 0.0600. The highest BCUT2D eigenvalue weighted by atomic mass is 32.1. The molecule has 3 heterocycles. The smallest absolute Gasteiger partial charge is 0.255 e. The Bertz CT molecular complexity index is 1260. The number of carbonyl (C=O) groups excluding carboxylic acids is 2. The van der Waals surface area contributed by atoms with Crippen molar-refractivity contribution in [2.24, 2.45) is 0 Å². The summed E-state index contributed by atoms with van der Waals surface area (Å²) in [5, 5.41) is 9.68. The number of hydrogen-bond donors (Lipinski definition) is 1. The predicted molar refractivity (Wildman–Crippen MR) is 130 cm³/mol. The van der Waals surface area contributed by atoms with Gasteiger partial charge in [0.2, 0.25) is 0 Å². The summed E-state index contributed by atoms with van der Waals surface area (Å²) in [5.41, 5.74) is 3.62. The molecule has 0 spiro atoms. The molecule has 0 saturated carbocycles. The first-order chi connectivity index (χ1) is 16.2. The Morgan fingerprint density at radius 2 is 1.79 bits per heavy atom. The van der Waals surface area contributed by atoms with E-state index < -0.39 is 0 Å². The van der Waals surface area contributed by atoms with E-state index in [-0.39, 0.29) is 11.8 Å². The van der Waals surface area contributed by atoms with Crippen LogP contribution < -0.4 is 5.32 Å². The molecule has 0 unspecified atom stereocenters. The lowest BCUT2D eigenvalue weighted by Gasteiger charge is -2.15. The largest absolute Gasteiger partial charge is 0.348 e. The summed E-state index contributed by atoms with van der Waals surface area (Å²) in [6.45, 7) is 1.97. The molecule has 4 aromatic rings. The van der Waals surface area contributed by atoms with Crippen LogP contribution >= 0.6 is 11.3 Å². The Balaban J connectivity index is 1.35. The van der Waals surface area contributed by atoms with E-state index in [0.29, 0.717) is 23.4 Å². The number of aromatic nitrogens is 2. The molecule has 1 saturated heterocycles. The molecule has 7 heteroatoms. The number of benzene rings is 2. The maximum absolute atomic E-state index is 13.2. The molecular weight excluding hydrogens is 432 g/mol. The van der Waals surface area contributed by atoms with Gasteiger partial charge in [0.05, 0.1) is 16.1 Å². The average Bonchev–Trinajstić information content (AvgIpc) is 3.64. The van der Waals surface area contributed by atoms with E-state index in [2.05, 4.69) is 5.32 Å². The van der Waals surface area contributed by atoms with Crippen molar-refractivity contribution in [1.82, 2.24) is 20.0 Å². The van der Waals surface area contributed by atoms with E-state index in [0.717, 1.165) is 42.1 Å². The number of nitrogens with one attached hydrogen (secondary N) is 1. The summed E-state index contributed by atoms with van der Waals surface area (Å²) < 4.78 is 1.74. The van der Waals surface area contributed by atoms with Gasteiger partial charge in [0.15, 0.2) is 0 Å². The lowest BCUT2D eigenvalue weighted by Crippen LogP contribution is -2.28. The molecule has 0 radical (unpaired) electrons. The quantitative estimate of drug-likeness (QED) is 0.455. The number of nitrogens with zero attached hydrogens (tertiary/aromatic N) is 3. The van der Waals surface area contributed by atoms with Gasteiger partial charge in [-0.3, -0.25) is 9.59 Å². The van der Waals surface area contributed by atoms with Gasteiger partial charge in [-0.05, 0) is 54.1 Å². The monoisotopic (exact) mass is 456 g/mol. The van der Waals surface area contributed by atoms with Gasteiger partial charge in [0.1, 0.15) is 5.69 Å². The van der Waals surface area contributed by atoms with Crippen LogP contribution in [-0.2, 0) is 6.54 Å². The zero-order valence-electron chi connectivity index (χ0n) is 18.1. The molecule has 2 amide bonds. The molecule has 0 aliphatic carbocycles. The lowest BCUT2D eigenvalue weighted by atomic mass is 10.1. The van der Waals surface area contributed by atoms with E-state index in [1.807, 2.05) is 77.0 Å². The Labute approximate surface area is 196 Å². The maximum Gasteiger partial charge on any atom is 0.255 e. The second-order valence-electron chi connectivity index (χ2n) is 8.03. The summed E-state index contributed by atoms with van der Waals surface area (Å²) in [4.78, 5) is 28.7. The van der Waals surface area contributed by atoms with Gasteiger partial charge < -0.3 is 10.2 Å². The second kappa shape index (κ2) is 9.42. The Hall–Kier alpha value is -3.71. The zero-order valence-corrected chi connectivity index (χ0v) is 18.9. The molecule has 1 aliphatic heterocycles. The molecule has 2 aromatic heterocycles. The number of amides is 2. The number of thiophene rings is 1. The van der Waals surface area contributed by atoms with Crippen molar-refractivity contribution in [2.45, 2.75) is 19.4 Å². The van der Waals surface area contributed by atoms with E-state index >= 15 is 0 Å². The van der Waals surface area contributed by atoms with Crippen molar-refractivity contribution in [1.29, 1.82) is 0 Å². The van der Waals surface area contributed by atoms with E-state index in [1.54, 1.807) is 22.2 Å². The Kier molecular flexibility index (Phi) is 6.04. The molecule has 6 nitrogen and oxygen atoms in total. The highest BCUT2D eigenvalue weighted by Crippen LogP contribution is 2.28. The number of likely N-dealkylation sites (tertiary alicyclic amines) is 1. The van der Waals surface area contributed by atoms with Crippen molar-refractivity contribution in [3.63, 3.8) is 0 Å². The molecule has 2 aromatic carbocycles. The van der Waals surface area contributed by atoms with Crippen LogP contribution in [0.1, 0.15) is 39.1 Å². The number of para-hydroxylation sites is 1. The van der Waals surface area contributed by atoms with Gasteiger partial charge >= 0.3 is 0 Å². The highest BCUT2D eigenvalue weighted by molar-refractivity contribution is 7.13. The number of carbonyl (C=O) groups is 2. The van der Waals surface area contributed by atoms with Crippen molar-refractivity contribution in [2.75, 3.05) is 13.1 Å². The first kappa shape index (κ1) is 21.2. The lowest BCUT2D eigenvalue weighted by molar-refractivity contribution is 0.0792. The molecule has 0 atom stereocenters. The third-order valence-electron chi connectivity index (χ3n) is 5.75. The molecule has 1 fully saturated rings. The highest BCUT2D eigenvalue weighted by Gasteiger charge is 2.21. The van der Waals surface area contributed by atoms with Gasteiger partial charge in [-0.15, -0.1) is 11.3 Å². The average molecular weight is 457 g/mol. The van der Waals surface area contributed by atoms with E-state index in [1.165, 1.54) is 0 Å². The van der Waals surface area contributed by atoms with Crippen molar-refractivity contribution in [3.8, 4) is 16.3 Å². The number of rotatable bonds is 6. The molecule has 0 bridgehead atoms. The fraction of sp³-hybridized carbons (Fsp3) is 0.192. The van der Waals surface area contributed by atoms with E-state index in [4.69, 9.17) is 5.10 Å². The van der Waals surface area contributed by atoms with Gasteiger partial charge in [-0.1, -0.05) is 36.4 Å². The van der Waals surface area contributed by atoms with Gasteiger partial charge in [-0.25, -0.2) is 4.68 Å². The molecular formula is C26H24N4O2S. The van der Waals surface area contributed by atoms with Crippen molar-refractivity contribution in [3.05, 3.63) is 95.0 Å². The van der Waals surface area contributed by atoms with Gasteiger partial charge in [0, 0.05) is 31.4 Å². The van der Waals surface area contributed by atoms with Crippen molar-refractivity contribution < 1.29 is 9.59 Å². The van der Waals surface area contributed by atoms with E-state index in [9.17, 15) is 9.59 Å². The van der Waals surface area contributed by atoms with Crippen LogP contribution in [0.25, 0.3) is 16.3 Å². The van der Waals surface area contributed by atoms with Crippen LogP contribution in [0.15, 0.2) is 78.3 Å². The maximum atomic E-state index is 13.2. The second-order valence-corrected chi connectivity index (χ2v) is 8.98. The van der Waals surface area contributed by atoms with Crippen LogP contribution in [0.5, 0.6) is 0 Å². The standard InChI is InChI=1S/C26H24N4O2S/c31-25(27-17-19-8-6-9-20(16-19)26(32)29-13-4-5-14-29)22-18-30(21-10-2-1-3-11-21)28-24(22)23-12-7-15-33-23/h1-3,6-12,15-16,18H,4-5,13-14,17H2,(H,27,31).